The third-order valence-corrected chi connectivity index (χ3v) is 3.75. The summed E-state index contributed by atoms with van der Waals surface area (Å²) in [5, 5.41) is 10.3. The number of likely N-dealkylation sites (tertiary alicyclic amines) is 1. The molecule has 1 fully saturated rings. The van der Waals surface area contributed by atoms with Crippen molar-refractivity contribution in [1.82, 2.24) is 4.90 Å². The summed E-state index contributed by atoms with van der Waals surface area (Å²) < 4.78 is 5.19. The summed E-state index contributed by atoms with van der Waals surface area (Å²) in [5.74, 6) is 0.624. The molecule has 2 unspecified atom stereocenters. The van der Waals surface area contributed by atoms with Crippen LogP contribution >= 0.6 is 0 Å². The summed E-state index contributed by atoms with van der Waals surface area (Å²) in [6.07, 6.45) is 0.793. The van der Waals surface area contributed by atoms with Crippen LogP contribution in [0.15, 0.2) is 24.3 Å². The molecule has 18 heavy (non-hydrogen) atoms. The number of rotatable bonds is 5. The van der Waals surface area contributed by atoms with Crippen LogP contribution in [0.3, 0.4) is 0 Å². The van der Waals surface area contributed by atoms with Crippen LogP contribution in [0.25, 0.3) is 0 Å². The lowest BCUT2D eigenvalue weighted by atomic mass is 10.0. The quantitative estimate of drug-likeness (QED) is 0.866. The number of aliphatic hydroxyl groups is 1. The Balaban J connectivity index is 1.89. The van der Waals surface area contributed by atoms with Gasteiger partial charge in [-0.3, -0.25) is 0 Å². The van der Waals surface area contributed by atoms with E-state index in [1.165, 1.54) is 6.42 Å². The van der Waals surface area contributed by atoms with Crippen molar-refractivity contribution < 1.29 is 9.84 Å². The van der Waals surface area contributed by atoms with Gasteiger partial charge in [0.25, 0.3) is 0 Å². The van der Waals surface area contributed by atoms with Gasteiger partial charge in [0.2, 0.25) is 0 Å². The highest BCUT2D eigenvalue weighted by Crippen LogP contribution is 2.22. The van der Waals surface area contributed by atoms with E-state index in [1.807, 2.05) is 18.2 Å². The molecule has 0 spiro atoms. The van der Waals surface area contributed by atoms with E-state index in [2.05, 4.69) is 17.9 Å². The Kier molecular flexibility index (Phi) is 4.75. The molecule has 0 aromatic heterocycles. The predicted molar refractivity (Wildman–Crippen MR) is 72.6 cm³/mol. The maximum atomic E-state index is 10.3. The van der Waals surface area contributed by atoms with Crippen molar-refractivity contribution in [3.63, 3.8) is 0 Å². The molecule has 100 valence electrons. The smallest absolute Gasteiger partial charge is 0.0919 e. The molecular weight excluding hydrogens is 226 g/mol. The SMILES string of the molecule is COCC1CCN(CC(O)c2ccccc2C)C1. The maximum Gasteiger partial charge on any atom is 0.0919 e. The summed E-state index contributed by atoms with van der Waals surface area (Å²) in [7, 11) is 1.75. The van der Waals surface area contributed by atoms with Gasteiger partial charge in [0.05, 0.1) is 12.7 Å². The van der Waals surface area contributed by atoms with Gasteiger partial charge in [-0.05, 0) is 36.9 Å². The van der Waals surface area contributed by atoms with Gasteiger partial charge in [-0.25, -0.2) is 0 Å². The van der Waals surface area contributed by atoms with E-state index in [-0.39, 0.29) is 6.10 Å². The second-order valence-corrected chi connectivity index (χ2v) is 5.24. The van der Waals surface area contributed by atoms with E-state index in [4.69, 9.17) is 4.74 Å². The number of aliphatic hydroxyl groups excluding tert-OH is 1. The van der Waals surface area contributed by atoms with E-state index in [0.717, 1.165) is 37.4 Å². The topological polar surface area (TPSA) is 32.7 Å². The van der Waals surface area contributed by atoms with Crippen LogP contribution in [0.4, 0.5) is 0 Å². The van der Waals surface area contributed by atoms with Crippen molar-refractivity contribution in [2.45, 2.75) is 19.4 Å². The van der Waals surface area contributed by atoms with Crippen molar-refractivity contribution in [2.75, 3.05) is 33.4 Å². The van der Waals surface area contributed by atoms with Gasteiger partial charge in [-0.1, -0.05) is 24.3 Å². The number of methoxy groups -OCH3 is 1. The Morgan fingerprint density at radius 3 is 2.94 bits per heavy atom. The number of β-amino-alcohol motifs (C(OH)–C–C–N with tert-alkyl or cyclic N) is 1. The van der Waals surface area contributed by atoms with Gasteiger partial charge in [0, 0.05) is 20.2 Å². The summed E-state index contributed by atoms with van der Waals surface area (Å²) in [6.45, 7) is 5.71. The first-order chi connectivity index (χ1) is 8.70. The van der Waals surface area contributed by atoms with Gasteiger partial charge in [-0.2, -0.15) is 0 Å². The minimum Gasteiger partial charge on any atom is -0.387 e. The Labute approximate surface area is 109 Å². The van der Waals surface area contributed by atoms with Crippen LogP contribution < -0.4 is 0 Å². The van der Waals surface area contributed by atoms with E-state index in [1.54, 1.807) is 7.11 Å². The molecule has 0 bridgehead atoms. The Bertz CT molecular complexity index is 381. The highest BCUT2D eigenvalue weighted by atomic mass is 16.5. The molecule has 3 nitrogen and oxygen atoms in total. The van der Waals surface area contributed by atoms with Crippen molar-refractivity contribution in [3.8, 4) is 0 Å². The molecule has 1 aliphatic heterocycles. The van der Waals surface area contributed by atoms with Crippen LogP contribution in [0.5, 0.6) is 0 Å². The largest absolute Gasteiger partial charge is 0.387 e. The van der Waals surface area contributed by atoms with Crippen LogP contribution in [0.2, 0.25) is 0 Å². The van der Waals surface area contributed by atoms with E-state index < -0.39 is 0 Å². The summed E-state index contributed by atoms with van der Waals surface area (Å²) in [5.41, 5.74) is 2.21. The minimum absolute atomic E-state index is 0.382. The number of benzene rings is 1. The highest BCUT2D eigenvalue weighted by Gasteiger charge is 2.24. The summed E-state index contributed by atoms with van der Waals surface area (Å²) >= 11 is 0. The van der Waals surface area contributed by atoms with Gasteiger partial charge in [-0.15, -0.1) is 0 Å². The lowest BCUT2D eigenvalue weighted by Crippen LogP contribution is -2.27. The first-order valence-corrected chi connectivity index (χ1v) is 6.65. The van der Waals surface area contributed by atoms with Crippen molar-refractivity contribution in [3.05, 3.63) is 35.4 Å². The van der Waals surface area contributed by atoms with Gasteiger partial charge in [0.15, 0.2) is 0 Å². The summed E-state index contributed by atoms with van der Waals surface area (Å²) in [4.78, 5) is 2.33. The Morgan fingerprint density at radius 2 is 2.22 bits per heavy atom. The monoisotopic (exact) mass is 249 g/mol. The van der Waals surface area contributed by atoms with Crippen molar-refractivity contribution >= 4 is 0 Å². The van der Waals surface area contributed by atoms with Crippen LogP contribution in [0.1, 0.15) is 23.7 Å². The predicted octanol–water partition coefficient (Wildman–Crippen LogP) is 2.00. The van der Waals surface area contributed by atoms with E-state index in [9.17, 15) is 5.11 Å². The van der Waals surface area contributed by atoms with Gasteiger partial charge < -0.3 is 14.7 Å². The first-order valence-electron chi connectivity index (χ1n) is 6.65. The lowest BCUT2D eigenvalue weighted by molar-refractivity contribution is 0.115. The molecule has 1 saturated heterocycles. The molecule has 2 atom stereocenters. The zero-order valence-electron chi connectivity index (χ0n) is 11.3. The molecule has 2 rings (SSSR count). The van der Waals surface area contributed by atoms with E-state index in [0.29, 0.717) is 5.92 Å². The number of hydrogen-bond donors (Lipinski definition) is 1. The maximum absolute atomic E-state index is 10.3. The molecule has 0 saturated carbocycles. The van der Waals surface area contributed by atoms with E-state index >= 15 is 0 Å². The van der Waals surface area contributed by atoms with Gasteiger partial charge in [0.1, 0.15) is 0 Å². The molecule has 1 heterocycles. The number of hydrogen-bond acceptors (Lipinski definition) is 3. The van der Waals surface area contributed by atoms with Crippen molar-refractivity contribution in [2.24, 2.45) is 5.92 Å². The van der Waals surface area contributed by atoms with Crippen molar-refractivity contribution in [1.29, 1.82) is 0 Å². The molecule has 0 amide bonds. The van der Waals surface area contributed by atoms with Crippen LogP contribution in [-0.2, 0) is 4.74 Å². The Morgan fingerprint density at radius 1 is 1.44 bits per heavy atom. The standard InChI is InChI=1S/C15H23NO2/c1-12-5-3-4-6-14(12)15(17)10-16-8-7-13(9-16)11-18-2/h3-6,13,15,17H,7-11H2,1-2H3. The van der Waals surface area contributed by atoms with Crippen LogP contribution in [0, 0.1) is 12.8 Å². The fourth-order valence-corrected chi connectivity index (χ4v) is 2.75. The van der Waals surface area contributed by atoms with Crippen LogP contribution in [-0.4, -0.2) is 43.4 Å². The average molecular weight is 249 g/mol. The first kappa shape index (κ1) is 13.5. The molecule has 0 aliphatic carbocycles. The number of ether oxygens (including phenoxy) is 1. The third kappa shape index (κ3) is 3.31. The molecule has 1 aromatic carbocycles. The molecule has 1 aliphatic rings. The minimum atomic E-state index is -0.382. The zero-order chi connectivity index (χ0) is 13.0. The lowest BCUT2D eigenvalue weighted by Gasteiger charge is -2.21. The second kappa shape index (κ2) is 6.32. The van der Waals surface area contributed by atoms with Gasteiger partial charge >= 0.3 is 0 Å². The third-order valence-electron chi connectivity index (χ3n) is 3.75. The summed E-state index contributed by atoms with van der Waals surface area (Å²) in [6, 6.07) is 8.07. The normalized spacial score (nSPS) is 22.3. The Hall–Kier alpha value is -0.900. The molecule has 1 aromatic rings. The fraction of sp³-hybridized carbons (Fsp3) is 0.600. The second-order valence-electron chi connectivity index (χ2n) is 5.24. The molecule has 1 N–H and O–H groups in total. The highest BCUT2D eigenvalue weighted by molar-refractivity contribution is 5.27. The number of aryl methyl sites for hydroxylation is 1. The number of nitrogens with zero attached hydrogens (tertiary/aromatic N) is 1. The fourth-order valence-electron chi connectivity index (χ4n) is 2.75. The molecular formula is C15H23NO2. The molecule has 0 radical (unpaired) electrons. The average Bonchev–Trinajstić information content (AvgIpc) is 2.77. The zero-order valence-corrected chi connectivity index (χ0v) is 11.3. The molecule has 3 heteroatoms.